The molecule has 14 heavy (non-hydrogen) atoms. The minimum atomic E-state index is -1.06. The van der Waals surface area contributed by atoms with E-state index in [0.717, 1.165) is 6.42 Å². The van der Waals surface area contributed by atoms with Crippen LogP contribution in [0.1, 0.15) is 12.8 Å². The average Bonchev–Trinajstić information content (AvgIpc) is 2.19. The Morgan fingerprint density at radius 1 is 1.36 bits per heavy atom. The van der Waals surface area contributed by atoms with Gasteiger partial charge in [0, 0.05) is 17.1 Å². The largest absolute Gasteiger partial charge is 0.254 e. The van der Waals surface area contributed by atoms with Crippen LogP contribution in [0.2, 0.25) is 0 Å². The summed E-state index contributed by atoms with van der Waals surface area (Å²) in [7, 11) is -1.06. The average molecular weight is 210 g/mol. The normalized spacial score (nSPS) is 12.0. The van der Waals surface area contributed by atoms with Crippen molar-refractivity contribution in [3.63, 3.8) is 0 Å². The monoisotopic (exact) mass is 210 g/mol. The van der Waals surface area contributed by atoms with Crippen LogP contribution in [0.3, 0.4) is 0 Å². The quantitative estimate of drug-likeness (QED) is 0.550. The highest BCUT2D eigenvalue weighted by molar-refractivity contribution is 7.85. The minimum Gasteiger partial charge on any atom is -0.254 e. The fourth-order valence-electron chi connectivity index (χ4n) is 1.01. The zero-order valence-electron chi connectivity index (χ0n) is 7.70. The number of benzene rings is 1. The van der Waals surface area contributed by atoms with E-state index in [1.165, 1.54) is 12.1 Å². The molecule has 0 bridgehead atoms. The first kappa shape index (κ1) is 10.9. The van der Waals surface area contributed by atoms with Crippen molar-refractivity contribution in [3.05, 3.63) is 30.1 Å². The summed E-state index contributed by atoms with van der Waals surface area (Å²) >= 11 is 0. The molecular weight excluding hydrogens is 199 g/mol. The van der Waals surface area contributed by atoms with Gasteiger partial charge < -0.3 is 0 Å². The van der Waals surface area contributed by atoms with Crippen molar-refractivity contribution in [3.8, 4) is 12.3 Å². The lowest BCUT2D eigenvalue weighted by molar-refractivity contribution is 0.626. The van der Waals surface area contributed by atoms with Crippen LogP contribution in [0.15, 0.2) is 29.2 Å². The van der Waals surface area contributed by atoms with E-state index in [9.17, 15) is 8.60 Å². The zero-order valence-corrected chi connectivity index (χ0v) is 8.52. The van der Waals surface area contributed by atoms with Gasteiger partial charge in [-0.3, -0.25) is 4.21 Å². The molecule has 1 atom stereocenters. The molecule has 1 rings (SSSR count). The summed E-state index contributed by atoms with van der Waals surface area (Å²) in [6.07, 6.45) is 6.44. The fourth-order valence-corrected chi connectivity index (χ4v) is 2.09. The van der Waals surface area contributed by atoms with E-state index in [4.69, 9.17) is 6.42 Å². The van der Waals surface area contributed by atoms with E-state index >= 15 is 0 Å². The molecular formula is C11H11FOS. The van der Waals surface area contributed by atoms with Crippen LogP contribution in [-0.4, -0.2) is 9.96 Å². The smallest absolute Gasteiger partial charge is 0.123 e. The van der Waals surface area contributed by atoms with Crippen molar-refractivity contribution < 1.29 is 8.60 Å². The van der Waals surface area contributed by atoms with Crippen molar-refractivity contribution in [1.82, 2.24) is 0 Å². The SMILES string of the molecule is C#CCCCS(=O)c1ccc(F)cc1. The Kier molecular flexibility index (Phi) is 4.34. The van der Waals surface area contributed by atoms with Gasteiger partial charge in [0.2, 0.25) is 0 Å². The highest BCUT2D eigenvalue weighted by Crippen LogP contribution is 2.09. The number of unbranched alkanes of at least 4 members (excludes halogenated alkanes) is 1. The first-order valence-corrected chi connectivity index (χ1v) is 5.63. The molecule has 1 aromatic carbocycles. The summed E-state index contributed by atoms with van der Waals surface area (Å²) in [4.78, 5) is 0.656. The van der Waals surface area contributed by atoms with E-state index < -0.39 is 10.8 Å². The summed E-state index contributed by atoms with van der Waals surface area (Å²) in [6, 6.07) is 5.71. The summed E-state index contributed by atoms with van der Waals surface area (Å²) < 4.78 is 24.1. The van der Waals surface area contributed by atoms with Crippen LogP contribution in [0, 0.1) is 18.2 Å². The molecule has 0 spiro atoms. The summed E-state index contributed by atoms with van der Waals surface area (Å²) in [6.45, 7) is 0. The van der Waals surface area contributed by atoms with Gasteiger partial charge in [-0.1, -0.05) is 0 Å². The Morgan fingerprint density at radius 2 is 2.00 bits per heavy atom. The maximum Gasteiger partial charge on any atom is 0.123 e. The first-order chi connectivity index (χ1) is 6.74. The number of hydrogen-bond acceptors (Lipinski definition) is 1. The standard InChI is InChI=1S/C11H11FOS/c1-2-3-4-9-14(13)11-7-5-10(12)6-8-11/h1,5-8H,3-4,9H2. The molecule has 0 radical (unpaired) electrons. The molecule has 0 saturated carbocycles. The zero-order chi connectivity index (χ0) is 10.4. The summed E-state index contributed by atoms with van der Waals surface area (Å²) in [5.74, 6) is 2.72. The van der Waals surface area contributed by atoms with E-state index in [-0.39, 0.29) is 5.82 Å². The summed E-state index contributed by atoms with van der Waals surface area (Å²) in [5.41, 5.74) is 0. The van der Waals surface area contributed by atoms with Crippen molar-refractivity contribution in [2.24, 2.45) is 0 Å². The van der Waals surface area contributed by atoms with E-state index in [0.29, 0.717) is 17.1 Å². The number of terminal acetylenes is 1. The molecule has 0 aliphatic heterocycles. The molecule has 0 N–H and O–H groups in total. The lowest BCUT2D eigenvalue weighted by Crippen LogP contribution is -1.97. The Morgan fingerprint density at radius 3 is 2.57 bits per heavy atom. The molecule has 1 aromatic rings. The predicted octanol–water partition coefficient (Wildman–Crippen LogP) is 2.35. The highest BCUT2D eigenvalue weighted by atomic mass is 32.2. The maximum atomic E-state index is 12.5. The molecule has 0 aromatic heterocycles. The Hall–Kier alpha value is -1.14. The van der Waals surface area contributed by atoms with Crippen molar-refractivity contribution in [1.29, 1.82) is 0 Å². The molecule has 0 amide bonds. The van der Waals surface area contributed by atoms with Gasteiger partial charge in [-0.05, 0) is 30.7 Å². The van der Waals surface area contributed by atoms with Gasteiger partial charge in [0.1, 0.15) is 5.82 Å². The topological polar surface area (TPSA) is 17.1 Å². The number of halogens is 1. The third kappa shape index (κ3) is 3.31. The second-order valence-electron chi connectivity index (χ2n) is 2.81. The third-order valence-corrected chi connectivity index (χ3v) is 3.18. The van der Waals surface area contributed by atoms with Gasteiger partial charge in [0.05, 0.1) is 10.8 Å². The van der Waals surface area contributed by atoms with Crippen LogP contribution >= 0.6 is 0 Å². The van der Waals surface area contributed by atoms with Crippen LogP contribution in [-0.2, 0) is 10.8 Å². The fraction of sp³-hybridized carbons (Fsp3) is 0.273. The second-order valence-corrected chi connectivity index (χ2v) is 4.38. The molecule has 1 nitrogen and oxygen atoms in total. The first-order valence-electron chi connectivity index (χ1n) is 4.31. The van der Waals surface area contributed by atoms with E-state index in [2.05, 4.69) is 5.92 Å². The molecule has 74 valence electrons. The van der Waals surface area contributed by atoms with Gasteiger partial charge in [0.15, 0.2) is 0 Å². The maximum absolute atomic E-state index is 12.5. The van der Waals surface area contributed by atoms with Crippen LogP contribution in [0.25, 0.3) is 0 Å². The van der Waals surface area contributed by atoms with Crippen LogP contribution in [0.5, 0.6) is 0 Å². The number of rotatable bonds is 4. The lowest BCUT2D eigenvalue weighted by Gasteiger charge is -1.99. The van der Waals surface area contributed by atoms with E-state index in [1.54, 1.807) is 12.1 Å². The second kappa shape index (κ2) is 5.56. The van der Waals surface area contributed by atoms with Gasteiger partial charge >= 0.3 is 0 Å². The van der Waals surface area contributed by atoms with Gasteiger partial charge in [-0.25, -0.2) is 4.39 Å². The Labute approximate surface area is 85.8 Å². The van der Waals surface area contributed by atoms with Gasteiger partial charge in [-0.15, -0.1) is 12.3 Å². The van der Waals surface area contributed by atoms with Gasteiger partial charge in [-0.2, -0.15) is 0 Å². The predicted molar refractivity (Wildman–Crippen MR) is 55.7 cm³/mol. The van der Waals surface area contributed by atoms with Gasteiger partial charge in [0.25, 0.3) is 0 Å². The molecule has 0 fully saturated rings. The number of hydrogen-bond donors (Lipinski definition) is 0. The molecule has 0 aliphatic carbocycles. The molecule has 0 saturated heterocycles. The van der Waals surface area contributed by atoms with Crippen LogP contribution < -0.4 is 0 Å². The Balaban J connectivity index is 2.53. The molecule has 3 heteroatoms. The minimum absolute atomic E-state index is 0.311. The Bertz CT molecular complexity index is 351. The molecule has 1 unspecified atom stereocenters. The summed E-state index contributed by atoms with van der Waals surface area (Å²) in [5, 5.41) is 0. The van der Waals surface area contributed by atoms with Crippen LogP contribution in [0.4, 0.5) is 4.39 Å². The third-order valence-electron chi connectivity index (χ3n) is 1.73. The molecule has 0 aliphatic rings. The van der Waals surface area contributed by atoms with Crippen molar-refractivity contribution in [2.45, 2.75) is 17.7 Å². The highest BCUT2D eigenvalue weighted by Gasteiger charge is 2.02. The van der Waals surface area contributed by atoms with Crippen molar-refractivity contribution >= 4 is 10.8 Å². The molecule has 0 heterocycles. The lowest BCUT2D eigenvalue weighted by atomic mass is 10.3. The van der Waals surface area contributed by atoms with E-state index in [1.807, 2.05) is 0 Å². The van der Waals surface area contributed by atoms with Crippen molar-refractivity contribution in [2.75, 3.05) is 5.75 Å².